The Hall–Kier alpha value is -2.73. The molecule has 1 atom stereocenters. The highest BCUT2D eigenvalue weighted by molar-refractivity contribution is 6.30. The Morgan fingerprint density at radius 3 is 2.75 bits per heavy atom. The van der Waals surface area contributed by atoms with Gasteiger partial charge in [-0.3, -0.25) is 4.79 Å². The minimum atomic E-state index is -0.745. The summed E-state index contributed by atoms with van der Waals surface area (Å²) in [5.74, 6) is 0.0840. The lowest BCUT2D eigenvalue weighted by Crippen LogP contribution is -2.37. The second-order valence-corrected chi connectivity index (χ2v) is 5.70. The number of amides is 1. The third-order valence-electron chi connectivity index (χ3n) is 3.73. The van der Waals surface area contributed by atoms with Gasteiger partial charge in [0.05, 0.1) is 7.11 Å². The summed E-state index contributed by atoms with van der Waals surface area (Å²) in [5, 5.41) is 15.6. The van der Waals surface area contributed by atoms with Gasteiger partial charge in [0.15, 0.2) is 0 Å². The van der Waals surface area contributed by atoms with Crippen LogP contribution < -0.4 is 14.8 Å². The smallest absolute Gasteiger partial charge is 0.243 e. The van der Waals surface area contributed by atoms with Crippen LogP contribution >= 0.6 is 11.6 Å². The van der Waals surface area contributed by atoms with Crippen molar-refractivity contribution in [3.05, 3.63) is 53.1 Å². The SMILES string of the molecule is COc1ccc2c(c1)CC(C(=O)Nc1ccc(Cl)cc1)C(=NO)O2. The van der Waals surface area contributed by atoms with Gasteiger partial charge < -0.3 is 20.0 Å². The lowest BCUT2D eigenvalue weighted by Gasteiger charge is -2.25. The Morgan fingerprint density at radius 2 is 2.08 bits per heavy atom. The number of rotatable bonds is 3. The summed E-state index contributed by atoms with van der Waals surface area (Å²) in [6, 6.07) is 12.0. The van der Waals surface area contributed by atoms with Crippen LogP contribution in [0.3, 0.4) is 0 Å². The minimum absolute atomic E-state index is 0.0425. The molecule has 1 aliphatic rings. The molecule has 1 amide bonds. The zero-order chi connectivity index (χ0) is 17.1. The molecule has 2 N–H and O–H groups in total. The number of ether oxygens (including phenoxy) is 2. The Kier molecular flexibility index (Phi) is 4.57. The molecule has 2 aromatic rings. The molecule has 0 fully saturated rings. The Bertz CT molecular complexity index is 790. The third-order valence-corrected chi connectivity index (χ3v) is 3.98. The number of nitrogens with zero attached hydrogens (tertiary/aromatic N) is 1. The zero-order valence-corrected chi connectivity index (χ0v) is 13.6. The predicted octanol–water partition coefficient (Wildman–Crippen LogP) is 3.33. The molecule has 124 valence electrons. The first-order chi connectivity index (χ1) is 11.6. The number of benzene rings is 2. The van der Waals surface area contributed by atoms with E-state index in [-0.39, 0.29) is 11.8 Å². The largest absolute Gasteiger partial charge is 0.497 e. The first kappa shape index (κ1) is 16.1. The summed E-state index contributed by atoms with van der Waals surface area (Å²) in [6.07, 6.45) is 0.339. The van der Waals surface area contributed by atoms with Crippen molar-refractivity contribution in [2.24, 2.45) is 11.1 Å². The highest BCUT2D eigenvalue weighted by atomic mass is 35.5. The van der Waals surface area contributed by atoms with Crippen LogP contribution in [0.2, 0.25) is 5.02 Å². The van der Waals surface area contributed by atoms with Gasteiger partial charge >= 0.3 is 0 Å². The fourth-order valence-electron chi connectivity index (χ4n) is 2.49. The number of carbonyl (C=O) groups is 1. The predicted molar refractivity (Wildman–Crippen MR) is 90.1 cm³/mol. The molecule has 2 aromatic carbocycles. The highest BCUT2D eigenvalue weighted by Crippen LogP contribution is 2.32. The zero-order valence-electron chi connectivity index (χ0n) is 12.8. The van der Waals surface area contributed by atoms with Gasteiger partial charge in [-0.05, 0) is 54.4 Å². The molecule has 1 heterocycles. The molecule has 0 saturated carbocycles. The van der Waals surface area contributed by atoms with Gasteiger partial charge in [-0.15, -0.1) is 0 Å². The lowest BCUT2D eigenvalue weighted by molar-refractivity contribution is -0.118. The van der Waals surface area contributed by atoms with E-state index in [1.165, 1.54) is 0 Å². The Morgan fingerprint density at radius 1 is 1.33 bits per heavy atom. The number of carbonyl (C=O) groups excluding carboxylic acids is 1. The van der Waals surface area contributed by atoms with Crippen molar-refractivity contribution >= 4 is 29.1 Å². The van der Waals surface area contributed by atoms with Crippen molar-refractivity contribution in [1.29, 1.82) is 0 Å². The van der Waals surface area contributed by atoms with Crippen LogP contribution in [0.1, 0.15) is 5.56 Å². The van der Waals surface area contributed by atoms with Gasteiger partial charge in [0.25, 0.3) is 0 Å². The molecule has 0 aromatic heterocycles. The van der Waals surface area contributed by atoms with Crippen LogP contribution in [0.4, 0.5) is 5.69 Å². The van der Waals surface area contributed by atoms with Crippen molar-refractivity contribution in [2.75, 3.05) is 12.4 Å². The molecular weight excluding hydrogens is 332 g/mol. The van der Waals surface area contributed by atoms with Crippen LogP contribution in [-0.2, 0) is 11.2 Å². The summed E-state index contributed by atoms with van der Waals surface area (Å²) < 4.78 is 10.7. The Balaban J connectivity index is 1.83. The molecule has 24 heavy (non-hydrogen) atoms. The first-order valence-electron chi connectivity index (χ1n) is 7.24. The molecule has 0 saturated heterocycles. The summed E-state index contributed by atoms with van der Waals surface area (Å²) in [5.41, 5.74) is 1.40. The molecule has 3 rings (SSSR count). The standard InChI is InChI=1S/C17H15ClN2O4/c1-23-13-6-7-15-10(8-13)9-14(17(20-22)24-15)16(21)19-12-4-2-11(18)3-5-12/h2-8,14,22H,9H2,1H3,(H,19,21). The molecule has 0 bridgehead atoms. The van der Waals surface area contributed by atoms with Crippen molar-refractivity contribution < 1.29 is 19.5 Å². The van der Waals surface area contributed by atoms with Gasteiger partial charge in [0.1, 0.15) is 17.4 Å². The summed E-state index contributed by atoms with van der Waals surface area (Å²) in [7, 11) is 1.57. The molecule has 1 unspecified atom stereocenters. The monoisotopic (exact) mass is 346 g/mol. The van der Waals surface area contributed by atoms with Gasteiger partial charge in [-0.2, -0.15) is 0 Å². The summed E-state index contributed by atoms with van der Waals surface area (Å²) in [6.45, 7) is 0. The van der Waals surface area contributed by atoms with Gasteiger partial charge in [0.2, 0.25) is 11.8 Å². The minimum Gasteiger partial charge on any atom is -0.497 e. The number of anilines is 1. The van der Waals surface area contributed by atoms with E-state index in [0.29, 0.717) is 28.6 Å². The quantitative estimate of drug-likeness (QED) is 0.660. The van der Waals surface area contributed by atoms with Crippen LogP contribution in [-0.4, -0.2) is 24.1 Å². The number of fused-ring (bicyclic) bond motifs is 1. The topological polar surface area (TPSA) is 80.2 Å². The van der Waals surface area contributed by atoms with Crippen LogP contribution in [0.5, 0.6) is 11.5 Å². The second-order valence-electron chi connectivity index (χ2n) is 5.27. The lowest BCUT2D eigenvalue weighted by atomic mass is 9.94. The summed E-state index contributed by atoms with van der Waals surface area (Å²) >= 11 is 5.83. The summed E-state index contributed by atoms with van der Waals surface area (Å²) in [4.78, 5) is 12.5. The van der Waals surface area contributed by atoms with Crippen LogP contribution in [0, 0.1) is 5.92 Å². The number of oxime groups is 1. The van der Waals surface area contributed by atoms with E-state index in [1.54, 1.807) is 49.6 Å². The van der Waals surface area contributed by atoms with Crippen molar-refractivity contribution in [3.8, 4) is 11.5 Å². The normalized spacial score (nSPS) is 17.8. The van der Waals surface area contributed by atoms with E-state index in [9.17, 15) is 10.0 Å². The maximum Gasteiger partial charge on any atom is 0.243 e. The van der Waals surface area contributed by atoms with Crippen LogP contribution in [0.15, 0.2) is 47.6 Å². The van der Waals surface area contributed by atoms with E-state index >= 15 is 0 Å². The third kappa shape index (κ3) is 3.28. The highest BCUT2D eigenvalue weighted by Gasteiger charge is 2.33. The van der Waals surface area contributed by atoms with Crippen molar-refractivity contribution in [1.82, 2.24) is 0 Å². The van der Waals surface area contributed by atoms with Crippen molar-refractivity contribution in [3.63, 3.8) is 0 Å². The molecule has 1 aliphatic heterocycles. The fraction of sp³-hybridized carbons (Fsp3) is 0.176. The number of hydrogen-bond acceptors (Lipinski definition) is 5. The molecule has 0 aliphatic carbocycles. The number of hydrogen-bond donors (Lipinski definition) is 2. The average Bonchev–Trinajstić information content (AvgIpc) is 2.61. The molecule has 0 radical (unpaired) electrons. The molecule has 0 spiro atoms. The van der Waals surface area contributed by atoms with Gasteiger partial charge in [0, 0.05) is 10.7 Å². The number of halogens is 1. The van der Waals surface area contributed by atoms with E-state index in [0.717, 1.165) is 5.56 Å². The van der Waals surface area contributed by atoms with Gasteiger partial charge in [-0.1, -0.05) is 16.8 Å². The van der Waals surface area contributed by atoms with E-state index in [2.05, 4.69) is 10.5 Å². The maximum atomic E-state index is 12.5. The molecular formula is C17H15ClN2O4. The number of nitrogens with one attached hydrogen (secondary N) is 1. The fourth-order valence-corrected chi connectivity index (χ4v) is 2.62. The molecule has 6 nitrogen and oxygen atoms in total. The van der Waals surface area contributed by atoms with Crippen molar-refractivity contribution in [2.45, 2.75) is 6.42 Å². The maximum absolute atomic E-state index is 12.5. The van der Waals surface area contributed by atoms with E-state index < -0.39 is 5.92 Å². The Labute approximate surface area is 143 Å². The van der Waals surface area contributed by atoms with E-state index in [4.69, 9.17) is 21.1 Å². The van der Waals surface area contributed by atoms with E-state index in [1.807, 2.05) is 0 Å². The molecule has 7 heteroatoms. The number of methoxy groups -OCH3 is 1. The average molecular weight is 347 g/mol. The van der Waals surface area contributed by atoms with Crippen LogP contribution in [0.25, 0.3) is 0 Å². The second kappa shape index (κ2) is 6.80. The first-order valence-corrected chi connectivity index (χ1v) is 7.61. The van der Waals surface area contributed by atoms with Gasteiger partial charge in [-0.25, -0.2) is 0 Å².